The number of anilines is 1. The molecule has 9 nitrogen and oxygen atoms in total. The molecule has 0 bridgehead atoms. The van der Waals surface area contributed by atoms with Crippen molar-refractivity contribution in [3.05, 3.63) is 65.2 Å². The number of carbonyl (C=O) groups excluding carboxylic acids is 2. The maximum atomic E-state index is 12.7. The Balaban J connectivity index is 1.46. The molecule has 1 unspecified atom stereocenters. The molecule has 1 fully saturated rings. The number of nitrogens with one attached hydrogen (secondary N) is 1. The topological polar surface area (TPSA) is 112 Å². The fourth-order valence-electron chi connectivity index (χ4n) is 5.52. The molecule has 2 amide bonds. The van der Waals surface area contributed by atoms with Crippen LogP contribution < -0.4 is 20.5 Å². The first-order valence-corrected chi connectivity index (χ1v) is 13.4. The van der Waals surface area contributed by atoms with Crippen LogP contribution in [0.2, 0.25) is 5.02 Å². The van der Waals surface area contributed by atoms with E-state index in [2.05, 4.69) is 11.9 Å². The molecule has 204 valence electrons. The average molecular weight is 550 g/mol. The summed E-state index contributed by atoms with van der Waals surface area (Å²) in [6, 6.07) is 11.0. The Labute approximate surface area is 232 Å². The number of fused-ring (bicyclic) bond motifs is 1. The van der Waals surface area contributed by atoms with Crippen molar-refractivity contribution in [3.63, 3.8) is 0 Å². The highest BCUT2D eigenvalue weighted by molar-refractivity contribution is 6.31. The van der Waals surface area contributed by atoms with Gasteiger partial charge in [0, 0.05) is 30.2 Å². The minimum absolute atomic E-state index is 0.0376. The zero-order valence-corrected chi connectivity index (χ0v) is 22.8. The fourth-order valence-corrected chi connectivity index (χ4v) is 5.63. The van der Waals surface area contributed by atoms with E-state index >= 15 is 0 Å². The first-order chi connectivity index (χ1) is 18.8. The van der Waals surface area contributed by atoms with Crippen molar-refractivity contribution in [2.24, 2.45) is 11.7 Å². The van der Waals surface area contributed by atoms with Crippen molar-refractivity contribution in [2.45, 2.75) is 32.2 Å². The monoisotopic (exact) mass is 549 g/mol. The number of amides is 2. The van der Waals surface area contributed by atoms with E-state index in [9.17, 15) is 9.59 Å². The molecule has 2 aromatic carbocycles. The van der Waals surface area contributed by atoms with Crippen LogP contribution in [0.1, 0.15) is 41.2 Å². The van der Waals surface area contributed by atoms with E-state index in [1.165, 1.54) is 6.08 Å². The van der Waals surface area contributed by atoms with Crippen LogP contribution >= 0.6 is 11.6 Å². The van der Waals surface area contributed by atoms with Gasteiger partial charge in [-0.1, -0.05) is 18.2 Å². The molecule has 2 aliphatic heterocycles. The number of aromatic nitrogens is 2. The molecule has 2 aliphatic rings. The molecule has 39 heavy (non-hydrogen) atoms. The lowest BCUT2D eigenvalue weighted by Crippen LogP contribution is -2.41. The summed E-state index contributed by atoms with van der Waals surface area (Å²) in [5.74, 6) is 2.00. The van der Waals surface area contributed by atoms with Gasteiger partial charge in [0.05, 0.1) is 13.2 Å². The zero-order chi connectivity index (χ0) is 27.7. The van der Waals surface area contributed by atoms with E-state index in [4.69, 9.17) is 31.9 Å². The number of methoxy groups -OCH3 is 1. The molecule has 1 saturated heterocycles. The number of rotatable bonds is 7. The number of aryl methyl sites for hydroxylation is 1. The summed E-state index contributed by atoms with van der Waals surface area (Å²) in [7, 11) is 1.56. The van der Waals surface area contributed by atoms with Gasteiger partial charge in [-0.15, -0.1) is 0 Å². The average Bonchev–Trinajstić information content (AvgIpc) is 3.35. The molecule has 3 N–H and O–H groups in total. The maximum Gasteiger partial charge on any atom is 0.254 e. The summed E-state index contributed by atoms with van der Waals surface area (Å²) in [5, 5.41) is 8.93. The molecule has 1 atom stereocenters. The van der Waals surface area contributed by atoms with Crippen molar-refractivity contribution in [3.8, 4) is 28.5 Å². The lowest BCUT2D eigenvalue weighted by Gasteiger charge is -2.38. The van der Waals surface area contributed by atoms with Crippen molar-refractivity contribution in [2.75, 3.05) is 32.1 Å². The first-order valence-electron chi connectivity index (χ1n) is 13.0. The van der Waals surface area contributed by atoms with Gasteiger partial charge in [0.1, 0.15) is 22.8 Å². The van der Waals surface area contributed by atoms with Gasteiger partial charge in [0.25, 0.3) is 5.91 Å². The number of carbonyl (C=O) groups is 2. The quantitative estimate of drug-likeness (QED) is 0.392. The number of likely N-dealkylation sites (tertiary alicyclic amines) is 1. The van der Waals surface area contributed by atoms with E-state index < -0.39 is 5.91 Å². The number of ether oxygens (including phenoxy) is 2. The number of halogens is 1. The summed E-state index contributed by atoms with van der Waals surface area (Å²) >= 11 is 6.15. The largest absolute Gasteiger partial charge is 0.493 e. The number of piperidine rings is 1. The SMILES string of the molecule is C=CC(=O)N1CCC(C2CCNc3c(C(N)=O)c(-c4ccc(Oc5ccc(Cl)c(C)c5)c(OC)c4)nn32)CC1. The van der Waals surface area contributed by atoms with Gasteiger partial charge in [-0.25, -0.2) is 4.68 Å². The van der Waals surface area contributed by atoms with E-state index in [0.29, 0.717) is 70.5 Å². The fraction of sp³-hybridized carbons (Fsp3) is 0.345. The highest BCUT2D eigenvalue weighted by Gasteiger charge is 2.35. The smallest absolute Gasteiger partial charge is 0.254 e. The Kier molecular flexibility index (Phi) is 7.52. The van der Waals surface area contributed by atoms with E-state index in [1.54, 1.807) is 31.4 Å². The normalized spacial score (nSPS) is 17.2. The number of benzene rings is 2. The van der Waals surface area contributed by atoms with Crippen LogP contribution in [-0.2, 0) is 4.79 Å². The molecule has 10 heteroatoms. The summed E-state index contributed by atoms with van der Waals surface area (Å²) < 4.78 is 13.6. The number of nitrogens with two attached hydrogens (primary N) is 1. The molecule has 3 aromatic rings. The summed E-state index contributed by atoms with van der Waals surface area (Å²) in [6.45, 7) is 7.57. The van der Waals surface area contributed by atoms with Gasteiger partial charge in [-0.3, -0.25) is 9.59 Å². The lowest BCUT2D eigenvalue weighted by atomic mass is 9.87. The van der Waals surface area contributed by atoms with Gasteiger partial charge < -0.3 is 25.4 Å². The highest BCUT2D eigenvalue weighted by atomic mass is 35.5. The number of hydrogen-bond donors (Lipinski definition) is 2. The molecule has 0 radical (unpaired) electrons. The third kappa shape index (κ3) is 5.18. The van der Waals surface area contributed by atoms with Crippen LogP contribution in [0.15, 0.2) is 49.1 Å². The van der Waals surface area contributed by atoms with Crippen LogP contribution in [0.5, 0.6) is 17.2 Å². The number of hydrogen-bond acceptors (Lipinski definition) is 6. The van der Waals surface area contributed by atoms with Gasteiger partial charge in [0.15, 0.2) is 11.5 Å². The molecule has 0 saturated carbocycles. The molecule has 3 heterocycles. The van der Waals surface area contributed by atoms with Crippen LogP contribution in [0.3, 0.4) is 0 Å². The minimum atomic E-state index is -0.554. The predicted molar refractivity (Wildman–Crippen MR) is 151 cm³/mol. The summed E-state index contributed by atoms with van der Waals surface area (Å²) in [4.78, 5) is 26.6. The van der Waals surface area contributed by atoms with Crippen molar-refractivity contribution < 1.29 is 19.1 Å². The van der Waals surface area contributed by atoms with Crippen molar-refractivity contribution >= 4 is 29.2 Å². The van der Waals surface area contributed by atoms with E-state index in [0.717, 1.165) is 24.8 Å². The number of primary amides is 1. The van der Waals surface area contributed by atoms with Gasteiger partial charge in [-0.05, 0) is 80.1 Å². The van der Waals surface area contributed by atoms with Crippen LogP contribution in [0, 0.1) is 12.8 Å². The second-order valence-electron chi connectivity index (χ2n) is 9.91. The molecule has 0 spiro atoms. The third-order valence-corrected chi connectivity index (χ3v) is 7.99. The predicted octanol–water partition coefficient (Wildman–Crippen LogP) is 5.19. The molecular formula is C29H32ClN5O4. The minimum Gasteiger partial charge on any atom is -0.493 e. The van der Waals surface area contributed by atoms with Gasteiger partial charge in [-0.2, -0.15) is 5.10 Å². The lowest BCUT2D eigenvalue weighted by molar-refractivity contribution is -0.127. The zero-order valence-electron chi connectivity index (χ0n) is 22.1. The van der Waals surface area contributed by atoms with Gasteiger partial charge in [0.2, 0.25) is 5.91 Å². The standard InChI is InChI=1S/C29H32ClN5O4/c1-4-25(36)34-13-10-18(11-14-34)22-9-12-32-29-26(28(31)37)27(33-35(22)29)19-5-8-23(24(16-19)38-3)39-20-6-7-21(30)17(2)15-20/h4-8,15-16,18,22,32H,1,9-14H2,2-3H3,(H2,31,37). The van der Waals surface area contributed by atoms with Crippen LogP contribution in [0.4, 0.5) is 5.82 Å². The molecule has 0 aliphatic carbocycles. The second-order valence-corrected chi connectivity index (χ2v) is 10.3. The Bertz CT molecular complexity index is 1430. The summed E-state index contributed by atoms with van der Waals surface area (Å²) in [5.41, 5.74) is 8.32. The Morgan fingerprint density at radius 2 is 1.92 bits per heavy atom. The summed E-state index contributed by atoms with van der Waals surface area (Å²) in [6.07, 6.45) is 3.94. The van der Waals surface area contributed by atoms with Gasteiger partial charge >= 0.3 is 0 Å². The first kappa shape index (κ1) is 26.6. The molecule has 1 aromatic heterocycles. The van der Waals surface area contributed by atoms with Crippen molar-refractivity contribution in [1.29, 1.82) is 0 Å². The molecule has 5 rings (SSSR count). The Hall–Kier alpha value is -3.98. The third-order valence-electron chi connectivity index (χ3n) is 7.57. The number of nitrogens with zero attached hydrogens (tertiary/aromatic N) is 3. The maximum absolute atomic E-state index is 12.7. The van der Waals surface area contributed by atoms with E-state index in [-0.39, 0.29) is 11.9 Å². The molecular weight excluding hydrogens is 518 g/mol. The Morgan fingerprint density at radius 1 is 1.15 bits per heavy atom. The van der Waals surface area contributed by atoms with Crippen LogP contribution in [-0.4, -0.2) is 53.2 Å². The highest BCUT2D eigenvalue weighted by Crippen LogP contribution is 2.42. The van der Waals surface area contributed by atoms with E-state index in [1.807, 2.05) is 28.6 Å². The van der Waals surface area contributed by atoms with Crippen LogP contribution in [0.25, 0.3) is 11.3 Å². The Morgan fingerprint density at radius 3 is 2.59 bits per heavy atom. The second kappa shape index (κ2) is 11.0. The van der Waals surface area contributed by atoms with Crippen molar-refractivity contribution in [1.82, 2.24) is 14.7 Å².